The van der Waals surface area contributed by atoms with Gasteiger partial charge >= 0.3 is 13.6 Å². The SMILES string of the molecule is COP(=O)(OC)C1OC(=O)c2ccc(Cl)cc21. The Bertz CT molecular complexity index is 507. The summed E-state index contributed by atoms with van der Waals surface area (Å²) in [6.07, 6.45) is 0. The standard InChI is InChI=1S/C10H10ClO5P/c1-14-17(13,15-2)10-8-5-6(11)3-4-7(8)9(12)16-10/h3-5,10H,1-2H3. The summed E-state index contributed by atoms with van der Waals surface area (Å²) in [7, 11) is -1.05. The Morgan fingerprint density at radius 1 is 1.35 bits per heavy atom. The van der Waals surface area contributed by atoms with Crippen LogP contribution >= 0.6 is 19.2 Å². The van der Waals surface area contributed by atoms with Gasteiger partial charge in [-0.1, -0.05) is 11.6 Å². The van der Waals surface area contributed by atoms with E-state index < -0.39 is 19.4 Å². The first-order valence-corrected chi connectivity index (χ1v) is 6.72. The molecule has 0 saturated heterocycles. The van der Waals surface area contributed by atoms with Gasteiger partial charge in [-0.25, -0.2) is 4.79 Å². The van der Waals surface area contributed by atoms with Gasteiger partial charge in [0.25, 0.3) is 0 Å². The number of fused-ring (bicyclic) bond motifs is 1. The summed E-state index contributed by atoms with van der Waals surface area (Å²) >= 11 is 5.83. The fourth-order valence-electron chi connectivity index (χ4n) is 1.65. The molecule has 2 rings (SSSR count). The van der Waals surface area contributed by atoms with Crippen molar-refractivity contribution in [3.63, 3.8) is 0 Å². The first-order valence-electron chi connectivity index (χ1n) is 4.73. The van der Waals surface area contributed by atoms with Crippen molar-refractivity contribution in [1.82, 2.24) is 0 Å². The normalized spacial score (nSPS) is 19.0. The van der Waals surface area contributed by atoms with Gasteiger partial charge in [-0.15, -0.1) is 0 Å². The zero-order chi connectivity index (χ0) is 12.6. The molecular formula is C10H10ClO5P. The molecule has 0 fully saturated rings. The fourth-order valence-corrected chi connectivity index (χ4v) is 3.14. The van der Waals surface area contributed by atoms with Crippen LogP contribution in [0.25, 0.3) is 0 Å². The van der Waals surface area contributed by atoms with E-state index >= 15 is 0 Å². The lowest BCUT2D eigenvalue weighted by atomic mass is 10.1. The van der Waals surface area contributed by atoms with Gasteiger partial charge in [0.15, 0.2) is 0 Å². The van der Waals surface area contributed by atoms with Crippen LogP contribution in [0.5, 0.6) is 0 Å². The molecule has 0 aliphatic carbocycles. The molecule has 1 aromatic rings. The van der Waals surface area contributed by atoms with Gasteiger partial charge in [0.05, 0.1) is 5.56 Å². The Balaban J connectivity index is 2.53. The molecule has 0 spiro atoms. The Hall–Kier alpha value is -0.870. The van der Waals surface area contributed by atoms with E-state index in [1.54, 1.807) is 6.07 Å². The zero-order valence-electron chi connectivity index (χ0n) is 9.18. The topological polar surface area (TPSA) is 61.8 Å². The number of benzene rings is 1. The minimum absolute atomic E-state index is 0.328. The van der Waals surface area contributed by atoms with Crippen molar-refractivity contribution < 1.29 is 23.1 Å². The molecule has 1 aliphatic heterocycles. The number of cyclic esters (lactones) is 1. The van der Waals surface area contributed by atoms with Gasteiger partial charge in [0, 0.05) is 24.8 Å². The molecule has 0 N–H and O–H groups in total. The molecular weight excluding hydrogens is 267 g/mol. The second-order valence-corrected chi connectivity index (χ2v) is 6.11. The number of halogens is 1. The van der Waals surface area contributed by atoms with Crippen LogP contribution in [0.3, 0.4) is 0 Å². The molecule has 1 aliphatic rings. The van der Waals surface area contributed by atoms with Gasteiger partial charge in [-0.2, -0.15) is 0 Å². The van der Waals surface area contributed by atoms with Crippen molar-refractivity contribution in [1.29, 1.82) is 0 Å². The third-order valence-electron chi connectivity index (χ3n) is 2.51. The zero-order valence-corrected chi connectivity index (χ0v) is 10.8. The number of ether oxygens (including phenoxy) is 1. The first-order chi connectivity index (χ1) is 8.01. The Labute approximate surface area is 103 Å². The number of esters is 1. The average molecular weight is 277 g/mol. The first kappa shape index (κ1) is 12.6. The van der Waals surface area contributed by atoms with Crippen LogP contribution in [0.4, 0.5) is 0 Å². The molecule has 0 amide bonds. The maximum Gasteiger partial charge on any atom is 0.375 e. The average Bonchev–Trinajstić information content (AvgIpc) is 2.66. The van der Waals surface area contributed by atoms with Crippen molar-refractivity contribution in [2.75, 3.05) is 14.2 Å². The number of carbonyl (C=O) groups is 1. The number of hydrogen-bond acceptors (Lipinski definition) is 5. The Morgan fingerprint density at radius 2 is 2.00 bits per heavy atom. The lowest BCUT2D eigenvalue weighted by Gasteiger charge is -2.19. The lowest BCUT2D eigenvalue weighted by molar-refractivity contribution is 0.0456. The summed E-state index contributed by atoms with van der Waals surface area (Å²) in [6, 6.07) is 4.61. The molecule has 0 aromatic heterocycles. The van der Waals surface area contributed by atoms with Crippen LogP contribution in [0.15, 0.2) is 18.2 Å². The van der Waals surface area contributed by atoms with Crippen LogP contribution in [-0.2, 0) is 18.3 Å². The van der Waals surface area contributed by atoms with E-state index in [1.807, 2.05) is 0 Å². The van der Waals surface area contributed by atoms with Crippen LogP contribution in [0, 0.1) is 0 Å². The number of carbonyl (C=O) groups excluding carboxylic acids is 1. The Kier molecular flexibility index (Phi) is 3.27. The molecule has 17 heavy (non-hydrogen) atoms. The summed E-state index contributed by atoms with van der Waals surface area (Å²) < 4.78 is 26.9. The molecule has 5 nitrogen and oxygen atoms in total. The molecule has 0 saturated carbocycles. The van der Waals surface area contributed by atoms with Crippen LogP contribution in [0.2, 0.25) is 5.02 Å². The highest BCUT2D eigenvalue weighted by atomic mass is 35.5. The molecule has 0 bridgehead atoms. The monoisotopic (exact) mass is 276 g/mol. The van der Waals surface area contributed by atoms with Crippen molar-refractivity contribution in [3.8, 4) is 0 Å². The summed E-state index contributed by atoms with van der Waals surface area (Å²) in [6.45, 7) is 0. The quantitative estimate of drug-likeness (QED) is 0.627. The fraction of sp³-hybridized carbons (Fsp3) is 0.300. The third-order valence-corrected chi connectivity index (χ3v) is 4.73. The Morgan fingerprint density at radius 3 is 2.59 bits per heavy atom. The van der Waals surface area contributed by atoms with E-state index in [4.69, 9.17) is 25.4 Å². The van der Waals surface area contributed by atoms with E-state index in [0.717, 1.165) is 0 Å². The molecule has 1 atom stereocenters. The highest BCUT2D eigenvalue weighted by Gasteiger charge is 2.45. The maximum atomic E-state index is 12.2. The van der Waals surface area contributed by atoms with Crippen molar-refractivity contribution >= 4 is 25.2 Å². The van der Waals surface area contributed by atoms with Crippen molar-refractivity contribution in [2.45, 2.75) is 5.85 Å². The summed E-state index contributed by atoms with van der Waals surface area (Å²) in [4.78, 5) is 11.6. The van der Waals surface area contributed by atoms with Crippen molar-refractivity contribution in [2.24, 2.45) is 0 Å². The molecule has 7 heteroatoms. The predicted molar refractivity (Wildman–Crippen MR) is 61.2 cm³/mol. The number of hydrogen-bond donors (Lipinski definition) is 0. The van der Waals surface area contributed by atoms with Gasteiger partial charge < -0.3 is 13.8 Å². The molecule has 92 valence electrons. The highest BCUT2D eigenvalue weighted by molar-refractivity contribution is 7.54. The third kappa shape index (κ3) is 2.00. The molecule has 1 unspecified atom stereocenters. The van der Waals surface area contributed by atoms with E-state index in [9.17, 15) is 9.36 Å². The second-order valence-electron chi connectivity index (χ2n) is 3.39. The largest absolute Gasteiger partial charge is 0.441 e. The van der Waals surface area contributed by atoms with Crippen molar-refractivity contribution in [3.05, 3.63) is 34.3 Å². The summed E-state index contributed by atoms with van der Waals surface area (Å²) in [5, 5.41) is 0.422. The van der Waals surface area contributed by atoms with Gasteiger partial charge in [0.1, 0.15) is 0 Å². The molecule has 1 heterocycles. The summed E-state index contributed by atoms with van der Waals surface area (Å²) in [5.74, 6) is -1.62. The van der Waals surface area contributed by atoms with E-state index in [1.165, 1.54) is 26.4 Å². The second kappa shape index (κ2) is 4.42. The van der Waals surface area contributed by atoms with Crippen LogP contribution < -0.4 is 0 Å². The van der Waals surface area contributed by atoms with Gasteiger partial charge in [0.2, 0.25) is 5.85 Å². The predicted octanol–water partition coefficient (Wildman–Crippen LogP) is 2.99. The lowest BCUT2D eigenvalue weighted by Crippen LogP contribution is -2.03. The number of rotatable bonds is 3. The highest BCUT2D eigenvalue weighted by Crippen LogP contribution is 2.63. The van der Waals surface area contributed by atoms with Crippen LogP contribution in [0.1, 0.15) is 21.8 Å². The van der Waals surface area contributed by atoms with Gasteiger partial charge in [-0.05, 0) is 18.2 Å². The van der Waals surface area contributed by atoms with E-state index in [0.29, 0.717) is 16.1 Å². The summed E-state index contributed by atoms with van der Waals surface area (Å²) in [5.41, 5.74) is 0.753. The van der Waals surface area contributed by atoms with E-state index in [2.05, 4.69) is 0 Å². The molecule has 0 radical (unpaired) electrons. The van der Waals surface area contributed by atoms with Gasteiger partial charge in [-0.3, -0.25) is 4.57 Å². The minimum atomic E-state index is -3.52. The molecule has 1 aromatic carbocycles. The van der Waals surface area contributed by atoms with E-state index in [-0.39, 0.29) is 0 Å². The van der Waals surface area contributed by atoms with Crippen LogP contribution in [-0.4, -0.2) is 20.2 Å². The maximum absolute atomic E-state index is 12.2. The smallest absolute Gasteiger partial charge is 0.375 e. The minimum Gasteiger partial charge on any atom is -0.441 e.